The molecule has 0 amide bonds. The van der Waals surface area contributed by atoms with Crippen LogP contribution in [0, 0.1) is 0 Å². The van der Waals surface area contributed by atoms with Gasteiger partial charge in [0, 0.05) is 23.9 Å². The van der Waals surface area contributed by atoms with Crippen molar-refractivity contribution in [3.05, 3.63) is 17.1 Å². The average Bonchev–Trinajstić information content (AvgIpc) is 2.74. The number of nitrogens with zero attached hydrogens (tertiary/aromatic N) is 2. The molecule has 0 spiro atoms. The lowest BCUT2D eigenvalue weighted by Gasteiger charge is -2.20. The Hall–Kier alpha value is -1.49. The van der Waals surface area contributed by atoms with Crippen molar-refractivity contribution >= 4 is 6.79 Å². The summed E-state index contributed by atoms with van der Waals surface area (Å²) in [4.78, 5) is 17.3. The number of nitrogens with one attached hydrogen (secondary N) is 1. The van der Waals surface area contributed by atoms with Crippen LogP contribution in [0.3, 0.4) is 0 Å². The van der Waals surface area contributed by atoms with Gasteiger partial charge in [-0.1, -0.05) is 34.6 Å². The Kier molecular flexibility index (Phi) is 8.78. The van der Waals surface area contributed by atoms with Crippen LogP contribution in [0.15, 0.2) is 0 Å². The van der Waals surface area contributed by atoms with Gasteiger partial charge in [0.1, 0.15) is 12.6 Å². The van der Waals surface area contributed by atoms with Gasteiger partial charge in [0.25, 0.3) is 0 Å². The lowest BCUT2D eigenvalue weighted by molar-refractivity contribution is -0.0979. The van der Waals surface area contributed by atoms with Gasteiger partial charge in [-0.05, 0) is 13.0 Å². The number of carbonyl (C=O) groups is 1. The molecule has 0 saturated heterocycles. The van der Waals surface area contributed by atoms with Crippen molar-refractivity contribution in [1.29, 1.82) is 0 Å². The summed E-state index contributed by atoms with van der Waals surface area (Å²) in [5, 5.41) is 3.38. The van der Waals surface area contributed by atoms with Gasteiger partial charge in [-0.25, -0.2) is 4.98 Å². The molecular formula is C16H29N3O2. The Labute approximate surface area is 128 Å². The Morgan fingerprint density at radius 2 is 1.67 bits per heavy atom. The third-order valence-electron chi connectivity index (χ3n) is 3.01. The van der Waals surface area contributed by atoms with E-state index in [2.05, 4.69) is 31.1 Å². The lowest BCUT2D eigenvalue weighted by atomic mass is 9.95. The molecule has 1 N–H and O–H groups in total. The molecule has 0 radical (unpaired) electrons. The molecule has 0 fully saturated rings. The van der Waals surface area contributed by atoms with Gasteiger partial charge in [0.2, 0.25) is 5.88 Å². The molecule has 0 atom stereocenters. The van der Waals surface area contributed by atoms with E-state index in [0.29, 0.717) is 0 Å². The highest BCUT2D eigenvalue weighted by molar-refractivity contribution is 5.33. The number of hydrogen-bond donors (Lipinski definition) is 1. The van der Waals surface area contributed by atoms with Gasteiger partial charge < -0.3 is 14.8 Å². The van der Waals surface area contributed by atoms with Gasteiger partial charge in [-0.3, -0.25) is 0 Å². The van der Waals surface area contributed by atoms with Crippen LogP contribution in [0.1, 0.15) is 51.7 Å². The lowest BCUT2D eigenvalue weighted by Crippen LogP contribution is -2.19. The molecule has 0 bridgehead atoms. The van der Waals surface area contributed by atoms with E-state index in [1.165, 1.54) is 5.56 Å². The molecule has 0 saturated carbocycles. The standard InChI is InChI=1S/C13H21N3O.C2H6.CH2O/c1-13(2,3)12-15-10-6-8-14-7-5-9(10)11(16-12)17-4;2*1-2/h14H,5-8H2,1-4H3;1-2H3;1H2. The molecule has 5 heteroatoms. The second-order valence-electron chi connectivity index (χ2n) is 5.48. The summed E-state index contributed by atoms with van der Waals surface area (Å²) >= 11 is 0. The number of hydrogen-bond acceptors (Lipinski definition) is 5. The molecule has 0 aliphatic carbocycles. The highest BCUT2D eigenvalue weighted by Crippen LogP contribution is 2.26. The van der Waals surface area contributed by atoms with E-state index in [1.54, 1.807) is 7.11 Å². The first kappa shape index (κ1) is 19.5. The van der Waals surface area contributed by atoms with Gasteiger partial charge >= 0.3 is 0 Å². The number of methoxy groups -OCH3 is 1. The zero-order valence-corrected chi connectivity index (χ0v) is 14.2. The first-order valence-electron chi connectivity index (χ1n) is 7.46. The van der Waals surface area contributed by atoms with E-state index in [4.69, 9.17) is 14.5 Å². The number of ether oxygens (including phenoxy) is 1. The number of rotatable bonds is 1. The fourth-order valence-corrected chi connectivity index (χ4v) is 2.01. The van der Waals surface area contributed by atoms with Crippen LogP contribution in [-0.4, -0.2) is 37.0 Å². The van der Waals surface area contributed by atoms with Crippen LogP contribution >= 0.6 is 0 Å². The normalized spacial score (nSPS) is 13.6. The molecule has 120 valence electrons. The summed E-state index contributed by atoms with van der Waals surface area (Å²) in [5.74, 6) is 1.62. The van der Waals surface area contributed by atoms with Crippen LogP contribution in [0.25, 0.3) is 0 Å². The maximum Gasteiger partial charge on any atom is 0.219 e. The fraction of sp³-hybridized carbons (Fsp3) is 0.688. The monoisotopic (exact) mass is 295 g/mol. The Balaban J connectivity index is 0.000000921. The third-order valence-corrected chi connectivity index (χ3v) is 3.01. The minimum absolute atomic E-state index is 0.0396. The van der Waals surface area contributed by atoms with Crippen molar-refractivity contribution < 1.29 is 9.53 Å². The van der Waals surface area contributed by atoms with Crippen molar-refractivity contribution in [2.45, 2.75) is 52.9 Å². The number of fused-ring (bicyclic) bond motifs is 1. The Morgan fingerprint density at radius 1 is 1.10 bits per heavy atom. The molecule has 0 aromatic carbocycles. The number of aromatic nitrogens is 2. The van der Waals surface area contributed by atoms with Gasteiger partial charge in [0.05, 0.1) is 12.8 Å². The summed E-state index contributed by atoms with van der Waals surface area (Å²) in [7, 11) is 1.69. The van der Waals surface area contributed by atoms with Crippen molar-refractivity contribution in [2.75, 3.05) is 20.2 Å². The molecular weight excluding hydrogens is 266 g/mol. The predicted octanol–water partition coefficient (Wildman–Crippen LogP) is 2.31. The molecule has 1 aromatic heterocycles. The topological polar surface area (TPSA) is 64.1 Å². The molecule has 21 heavy (non-hydrogen) atoms. The van der Waals surface area contributed by atoms with E-state index in [-0.39, 0.29) is 5.41 Å². The second kappa shape index (κ2) is 9.45. The van der Waals surface area contributed by atoms with Crippen molar-refractivity contribution in [1.82, 2.24) is 15.3 Å². The molecule has 5 nitrogen and oxygen atoms in total. The second-order valence-corrected chi connectivity index (χ2v) is 5.48. The molecule has 1 aliphatic heterocycles. The van der Waals surface area contributed by atoms with Crippen molar-refractivity contribution in [2.24, 2.45) is 0 Å². The highest BCUT2D eigenvalue weighted by atomic mass is 16.5. The van der Waals surface area contributed by atoms with Gasteiger partial charge in [-0.2, -0.15) is 4.98 Å². The molecule has 1 aromatic rings. The quantitative estimate of drug-likeness (QED) is 0.861. The Morgan fingerprint density at radius 3 is 2.19 bits per heavy atom. The van der Waals surface area contributed by atoms with Crippen LogP contribution in [0.5, 0.6) is 5.88 Å². The minimum atomic E-state index is -0.0396. The van der Waals surface area contributed by atoms with Crippen LogP contribution < -0.4 is 10.1 Å². The average molecular weight is 295 g/mol. The maximum atomic E-state index is 8.00. The minimum Gasteiger partial charge on any atom is -0.481 e. The van der Waals surface area contributed by atoms with Gasteiger partial charge in [0.15, 0.2) is 0 Å². The highest BCUT2D eigenvalue weighted by Gasteiger charge is 2.23. The Bertz CT molecular complexity index is 428. The smallest absolute Gasteiger partial charge is 0.219 e. The van der Waals surface area contributed by atoms with Crippen LogP contribution in [0.2, 0.25) is 0 Å². The van der Waals surface area contributed by atoms with Crippen molar-refractivity contribution in [3.8, 4) is 5.88 Å². The first-order valence-corrected chi connectivity index (χ1v) is 7.46. The van der Waals surface area contributed by atoms with E-state index >= 15 is 0 Å². The van der Waals surface area contributed by atoms with E-state index in [9.17, 15) is 0 Å². The van der Waals surface area contributed by atoms with Crippen molar-refractivity contribution in [3.63, 3.8) is 0 Å². The zero-order chi connectivity index (χ0) is 16.5. The van der Waals surface area contributed by atoms with Gasteiger partial charge in [-0.15, -0.1) is 0 Å². The summed E-state index contributed by atoms with van der Waals surface area (Å²) in [5.41, 5.74) is 2.28. The SMILES string of the molecule is C=O.CC.COc1nc(C(C)(C)C)nc2c1CCNCC2. The van der Waals surface area contributed by atoms with Crippen LogP contribution in [0.4, 0.5) is 0 Å². The molecule has 2 heterocycles. The molecule has 2 rings (SSSR count). The fourth-order valence-electron chi connectivity index (χ4n) is 2.01. The molecule has 1 aliphatic rings. The van der Waals surface area contributed by atoms with E-state index in [1.807, 2.05) is 20.6 Å². The summed E-state index contributed by atoms with van der Waals surface area (Å²) < 4.78 is 5.43. The molecule has 0 unspecified atom stereocenters. The predicted molar refractivity (Wildman–Crippen MR) is 86.0 cm³/mol. The summed E-state index contributed by atoms with van der Waals surface area (Å²) in [6.07, 6.45) is 1.90. The van der Waals surface area contributed by atoms with E-state index in [0.717, 1.165) is 43.3 Å². The maximum absolute atomic E-state index is 8.00. The largest absolute Gasteiger partial charge is 0.481 e. The van der Waals surface area contributed by atoms with E-state index < -0.39 is 0 Å². The van der Waals surface area contributed by atoms with Crippen LogP contribution in [-0.2, 0) is 23.1 Å². The third kappa shape index (κ3) is 5.42. The number of carbonyl (C=O) groups excluding carboxylic acids is 1. The zero-order valence-electron chi connectivity index (χ0n) is 14.2. The summed E-state index contributed by atoms with van der Waals surface area (Å²) in [6.45, 7) is 14.3. The summed E-state index contributed by atoms with van der Waals surface area (Å²) in [6, 6.07) is 0. The first-order chi connectivity index (χ1) is 10.0.